The number of fused-ring (bicyclic) bond motifs is 1. The first-order chi connectivity index (χ1) is 19.1. The van der Waals surface area contributed by atoms with Crippen molar-refractivity contribution in [2.45, 2.75) is 52.7 Å². The molecule has 0 spiro atoms. The van der Waals surface area contributed by atoms with Crippen molar-refractivity contribution in [3.8, 4) is 28.0 Å². The zero-order valence-corrected chi connectivity index (χ0v) is 23.2. The molecule has 3 aromatic carbocycles. The first kappa shape index (κ1) is 26.0. The third-order valence-electron chi connectivity index (χ3n) is 7.28. The number of aromatic nitrogens is 3. The van der Waals surface area contributed by atoms with Gasteiger partial charge in [-0.25, -0.2) is 14.4 Å². The predicted molar refractivity (Wildman–Crippen MR) is 154 cm³/mol. The van der Waals surface area contributed by atoms with E-state index < -0.39 is 17.5 Å². The molecule has 0 aliphatic carbocycles. The zero-order valence-electron chi connectivity index (χ0n) is 23.2. The number of hydrogen-bond donors (Lipinski definition) is 0. The molecule has 0 saturated heterocycles. The van der Waals surface area contributed by atoms with Crippen molar-refractivity contribution >= 4 is 27.5 Å². The summed E-state index contributed by atoms with van der Waals surface area (Å²) in [5, 5.41) is 2.42. The summed E-state index contributed by atoms with van der Waals surface area (Å²) in [7, 11) is 0. The second-order valence-electron chi connectivity index (χ2n) is 11.3. The van der Waals surface area contributed by atoms with Crippen molar-refractivity contribution < 1.29 is 18.7 Å². The number of carbonyl (C=O) groups excluding carboxylic acids is 1. The van der Waals surface area contributed by atoms with Gasteiger partial charge in [0.05, 0.1) is 17.7 Å². The number of rotatable bonds is 5. The minimum atomic E-state index is -0.867. The molecule has 0 fully saturated rings. The topological polar surface area (TPSA) is 74.2 Å². The largest absolute Gasteiger partial charge is 0.493 e. The van der Waals surface area contributed by atoms with E-state index in [-0.39, 0.29) is 5.78 Å². The molecular weight excluding hydrogens is 505 g/mol. The molecule has 40 heavy (non-hydrogen) atoms. The molecule has 5 aromatic rings. The lowest BCUT2D eigenvalue weighted by atomic mass is 9.83. The monoisotopic (exact) mass is 535 g/mol. The standard InChI is InChI=1S/C33H30FN3O3/c1-18-12-25-24(21-15-35-17-36-16-21)13-22(34)14-26(25)30(28(18)32(19(2)38)40-33(3,4)5)23-6-7-27-29-20(9-11-39-27)8-10-37-31(23)29/h6-8,10,12-17,32H,9,11H2,1-5H3/t32-/m1/s1. The van der Waals surface area contributed by atoms with Gasteiger partial charge < -0.3 is 9.47 Å². The van der Waals surface area contributed by atoms with E-state index in [2.05, 4.69) is 9.97 Å². The third-order valence-corrected chi connectivity index (χ3v) is 7.28. The van der Waals surface area contributed by atoms with E-state index in [1.54, 1.807) is 18.6 Å². The Morgan fingerprint density at radius 1 is 1.05 bits per heavy atom. The summed E-state index contributed by atoms with van der Waals surface area (Å²) in [5.74, 6) is 0.234. The minimum Gasteiger partial charge on any atom is -0.493 e. The van der Waals surface area contributed by atoms with Crippen LogP contribution in [0.4, 0.5) is 4.39 Å². The van der Waals surface area contributed by atoms with E-state index in [0.717, 1.165) is 50.7 Å². The van der Waals surface area contributed by atoms with Crippen molar-refractivity contribution in [1.82, 2.24) is 15.0 Å². The van der Waals surface area contributed by atoms with Gasteiger partial charge in [0.1, 0.15) is 24.0 Å². The number of Topliss-reactive ketones (excluding diaryl/α,β-unsaturated/α-hetero) is 1. The van der Waals surface area contributed by atoms with Gasteiger partial charge in [-0.2, -0.15) is 0 Å². The van der Waals surface area contributed by atoms with Gasteiger partial charge in [-0.1, -0.05) is 6.07 Å². The van der Waals surface area contributed by atoms with E-state index in [1.807, 2.05) is 52.0 Å². The SMILES string of the molecule is CC(=O)[C@@H](OC(C)(C)C)c1c(C)cc2c(-c3cncnc3)cc(F)cc2c1-c1ccc2c3c(ccnc13)CCO2. The highest BCUT2D eigenvalue weighted by molar-refractivity contribution is 6.12. The Morgan fingerprint density at radius 2 is 1.82 bits per heavy atom. The molecule has 3 heterocycles. The number of ether oxygens (including phenoxy) is 2. The first-order valence-electron chi connectivity index (χ1n) is 13.4. The lowest BCUT2D eigenvalue weighted by Crippen LogP contribution is -2.27. The molecule has 1 atom stereocenters. The van der Waals surface area contributed by atoms with Crippen LogP contribution in [0.15, 0.2) is 61.3 Å². The van der Waals surface area contributed by atoms with Crippen LogP contribution in [0.25, 0.3) is 43.9 Å². The minimum absolute atomic E-state index is 0.134. The van der Waals surface area contributed by atoms with Crippen molar-refractivity contribution in [3.63, 3.8) is 0 Å². The molecule has 0 radical (unpaired) electrons. The van der Waals surface area contributed by atoms with Gasteiger partial charge in [0.2, 0.25) is 0 Å². The summed E-state index contributed by atoms with van der Waals surface area (Å²) in [6, 6.07) is 10.9. The highest BCUT2D eigenvalue weighted by Gasteiger charge is 2.31. The molecule has 7 heteroatoms. The summed E-state index contributed by atoms with van der Waals surface area (Å²) >= 11 is 0. The molecule has 2 aromatic heterocycles. The van der Waals surface area contributed by atoms with Gasteiger partial charge in [-0.05, 0) is 104 Å². The molecular formula is C33H30FN3O3. The Bertz CT molecular complexity index is 1790. The van der Waals surface area contributed by atoms with Crippen LogP contribution in [0.5, 0.6) is 5.75 Å². The van der Waals surface area contributed by atoms with Crippen LogP contribution in [0.3, 0.4) is 0 Å². The molecule has 202 valence electrons. The highest BCUT2D eigenvalue weighted by atomic mass is 19.1. The molecule has 0 N–H and O–H groups in total. The van der Waals surface area contributed by atoms with Crippen LogP contribution in [0.2, 0.25) is 0 Å². The second-order valence-corrected chi connectivity index (χ2v) is 11.3. The van der Waals surface area contributed by atoms with Crippen molar-refractivity contribution in [1.29, 1.82) is 0 Å². The number of halogens is 1. The maximum Gasteiger partial charge on any atom is 0.163 e. The Balaban J connectivity index is 1.78. The zero-order chi connectivity index (χ0) is 28.2. The van der Waals surface area contributed by atoms with Gasteiger partial charge in [-0.3, -0.25) is 9.78 Å². The summed E-state index contributed by atoms with van der Waals surface area (Å²) in [6.07, 6.45) is 6.50. The van der Waals surface area contributed by atoms with Crippen LogP contribution in [0.1, 0.15) is 50.5 Å². The molecule has 6 rings (SSSR count). The quantitative estimate of drug-likeness (QED) is 0.234. The maximum absolute atomic E-state index is 15.5. The average molecular weight is 536 g/mol. The van der Waals surface area contributed by atoms with Crippen molar-refractivity contribution in [3.05, 3.63) is 83.8 Å². The van der Waals surface area contributed by atoms with Crippen LogP contribution in [-0.2, 0) is 16.0 Å². The fraction of sp³-hybridized carbons (Fsp3) is 0.273. The van der Waals surface area contributed by atoms with Crippen molar-refractivity contribution in [2.24, 2.45) is 0 Å². The van der Waals surface area contributed by atoms with E-state index in [9.17, 15) is 4.79 Å². The van der Waals surface area contributed by atoms with Crippen molar-refractivity contribution in [2.75, 3.05) is 6.61 Å². The number of nitrogens with zero attached hydrogens (tertiary/aromatic N) is 3. The Labute approximate surface area is 232 Å². The molecule has 0 unspecified atom stereocenters. The molecule has 6 nitrogen and oxygen atoms in total. The van der Waals surface area contributed by atoms with Gasteiger partial charge >= 0.3 is 0 Å². The molecule has 0 saturated carbocycles. The molecule has 1 aliphatic rings. The van der Waals surface area contributed by atoms with Gasteiger partial charge in [-0.15, -0.1) is 0 Å². The number of benzene rings is 3. The smallest absolute Gasteiger partial charge is 0.163 e. The van der Waals surface area contributed by atoms with Crippen LogP contribution < -0.4 is 4.74 Å². The molecule has 0 bridgehead atoms. The summed E-state index contributed by atoms with van der Waals surface area (Å²) < 4.78 is 27.9. The van der Waals surface area contributed by atoms with Crippen LogP contribution >= 0.6 is 0 Å². The summed E-state index contributed by atoms with van der Waals surface area (Å²) in [5.41, 5.74) is 5.73. The van der Waals surface area contributed by atoms with E-state index in [0.29, 0.717) is 28.7 Å². The summed E-state index contributed by atoms with van der Waals surface area (Å²) in [4.78, 5) is 26.4. The van der Waals surface area contributed by atoms with E-state index >= 15 is 4.39 Å². The average Bonchev–Trinajstić information content (AvgIpc) is 2.92. The fourth-order valence-electron chi connectivity index (χ4n) is 5.72. The molecule has 1 aliphatic heterocycles. The number of hydrogen-bond acceptors (Lipinski definition) is 6. The van der Waals surface area contributed by atoms with Crippen LogP contribution in [0, 0.1) is 12.7 Å². The number of carbonyl (C=O) groups is 1. The fourth-order valence-corrected chi connectivity index (χ4v) is 5.72. The lowest BCUT2D eigenvalue weighted by molar-refractivity contribution is -0.138. The maximum atomic E-state index is 15.5. The predicted octanol–water partition coefficient (Wildman–Crippen LogP) is 7.34. The number of ketones is 1. The Kier molecular flexibility index (Phi) is 6.34. The molecule has 0 amide bonds. The van der Waals surface area contributed by atoms with Gasteiger partial charge in [0.15, 0.2) is 5.78 Å². The number of pyridine rings is 1. The number of aryl methyl sites for hydroxylation is 1. The Hall–Kier alpha value is -4.23. The normalized spacial score (nSPS) is 13.8. The van der Waals surface area contributed by atoms with Gasteiger partial charge in [0.25, 0.3) is 0 Å². The van der Waals surface area contributed by atoms with E-state index in [4.69, 9.17) is 14.5 Å². The van der Waals surface area contributed by atoms with Crippen LogP contribution in [-0.4, -0.2) is 32.9 Å². The first-order valence-corrected chi connectivity index (χ1v) is 13.4. The lowest BCUT2D eigenvalue weighted by Gasteiger charge is -2.30. The van der Waals surface area contributed by atoms with Gasteiger partial charge in [0, 0.05) is 41.5 Å². The highest BCUT2D eigenvalue weighted by Crippen LogP contribution is 2.46. The second kappa shape index (κ2) is 9.75. The Morgan fingerprint density at radius 3 is 2.55 bits per heavy atom. The van der Waals surface area contributed by atoms with E-state index in [1.165, 1.54) is 25.4 Å². The summed E-state index contributed by atoms with van der Waals surface area (Å²) in [6.45, 7) is 9.88. The third kappa shape index (κ3) is 4.50.